The number of likely N-dealkylation sites (tertiary alicyclic amines) is 1. The van der Waals surface area contributed by atoms with Crippen molar-refractivity contribution in [2.75, 3.05) is 84.2 Å². The molecule has 6 heterocycles. The van der Waals surface area contributed by atoms with E-state index in [0.717, 1.165) is 23.3 Å². The zero-order valence-electron chi connectivity index (χ0n) is 36.4. The first kappa shape index (κ1) is 44.9. The monoisotopic (exact) mass is 907 g/mol. The van der Waals surface area contributed by atoms with Gasteiger partial charge in [0.15, 0.2) is 0 Å². The number of para-hydroxylation sites is 1. The third kappa shape index (κ3) is 9.80. The van der Waals surface area contributed by atoms with Gasteiger partial charge in [-0.2, -0.15) is 0 Å². The molecule has 3 aromatic carbocycles. The van der Waals surface area contributed by atoms with Gasteiger partial charge in [0.1, 0.15) is 17.7 Å². The van der Waals surface area contributed by atoms with Crippen molar-refractivity contribution in [2.45, 2.75) is 50.7 Å². The molecular formula is C47H51F2N9O8. The number of piperidine rings is 2. The van der Waals surface area contributed by atoms with Gasteiger partial charge >= 0.3 is 0 Å². The lowest BCUT2D eigenvalue weighted by Crippen LogP contribution is -2.54. The quantitative estimate of drug-likeness (QED) is 0.110. The summed E-state index contributed by atoms with van der Waals surface area (Å²) >= 11 is 0. The molecule has 3 N–H and O–H groups in total. The number of morpholine rings is 1. The second-order valence-electron chi connectivity index (χ2n) is 16.9. The van der Waals surface area contributed by atoms with E-state index in [9.17, 15) is 24.0 Å². The highest BCUT2D eigenvalue weighted by atomic mass is 19.1. The minimum absolute atomic E-state index is 0.0349. The SMILES string of the molecule is O=C1CCC(N2C(=O)c3ccc(NCCOCCOCCC(=O)N4CCC(N5C=C(c6cnc7cccc(-c8cc(F)c(CN9CCOCC9)c(F)c8)c7n6)CN5)CC4)cc3C2=O)C(=O)N1. The Hall–Kier alpha value is -6.25. The highest BCUT2D eigenvalue weighted by Gasteiger charge is 2.44. The van der Waals surface area contributed by atoms with Crippen molar-refractivity contribution >= 4 is 51.8 Å². The number of aromatic nitrogens is 2. The molecule has 1 unspecified atom stereocenters. The summed E-state index contributed by atoms with van der Waals surface area (Å²) in [6.45, 7) is 5.98. The third-order valence-electron chi connectivity index (χ3n) is 12.6. The Morgan fingerprint density at radius 2 is 1.62 bits per heavy atom. The molecule has 0 saturated carbocycles. The van der Waals surface area contributed by atoms with E-state index < -0.39 is 41.3 Å². The van der Waals surface area contributed by atoms with Gasteiger partial charge in [-0.15, -0.1) is 0 Å². The molecule has 346 valence electrons. The summed E-state index contributed by atoms with van der Waals surface area (Å²) in [5, 5.41) is 7.44. The summed E-state index contributed by atoms with van der Waals surface area (Å²) in [7, 11) is 0. The van der Waals surface area contributed by atoms with E-state index in [1.165, 1.54) is 12.1 Å². The van der Waals surface area contributed by atoms with E-state index in [1.807, 2.05) is 28.1 Å². The van der Waals surface area contributed by atoms with Crippen molar-refractivity contribution < 1.29 is 47.0 Å². The van der Waals surface area contributed by atoms with Gasteiger partial charge in [0.2, 0.25) is 17.7 Å². The van der Waals surface area contributed by atoms with Crippen molar-refractivity contribution in [2.24, 2.45) is 0 Å². The summed E-state index contributed by atoms with van der Waals surface area (Å²) in [6, 6.07) is 12.2. The Kier molecular flexibility index (Phi) is 13.7. The van der Waals surface area contributed by atoms with Gasteiger partial charge in [-0.05, 0) is 61.2 Å². The van der Waals surface area contributed by atoms with E-state index in [0.29, 0.717) is 106 Å². The molecule has 17 nitrogen and oxygen atoms in total. The zero-order chi connectivity index (χ0) is 45.7. The van der Waals surface area contributed by atoms with Crippen LogP contribution in [0.25, 0.3) is 27.7 Å². The molecule has 4 aromatic rings. The lowest BCUT2D eigenvalue weighted by atomic mass is 10.0. The summed E-state index contributed by atoms with van der Waals surface area (Å²) in [4.78, 5) is 77.2. The van der Waals surface area contributed by atoms with Crippen LogP contribution in [0.3, 0.4) is 0 Å². The van der Waals surface area contributed by atoms with E-state index in [1.54, 1.807) is 30.5 Å². The number of hydrogen-bond acceptors (Lipinski definition) is 14. The van der Waals surface area contributed by atoms with E-state index in [4.69, 9.17) is 19.2 Å². The van der Waals surface area contributed by atoms with E-state index in [2.05, 4.69) is 26.1 Å². The largest absolute Gasteiger partial charge is 0.383 e. The normalized spacial score (nSPS) is 19.5. The van der Waals surface area contributed by atoms with Crippen molar-refractivity contribution in [3.8, 4) is 11.1 Å². The molecule has 66 heavy (non-hydrogen) atoms. The van der Waals surface area contributed by atoms with Gasteiger partial charge in [-0.25, -0.2) is 19.2 Å². The Labute approximate surface area is 379 Å². The number of nitrogens with zero attached hydrogens (tertiary/aromatic N) is 6. The second kappa shape index (κ2) is 20.1. The number of fused-ring (bicyclic) bond motifs is 2. The average molecular weight is 908 g/mol. The number of imide groups is 2. The fraction of sp³-hybridized carbons (Fsp3) is 0.426. The number of halogens is 2. The minimum atomic E-state index is -1.02. The number of hydrogen-bond donors (Lipinski definition) is 3. The Balaban J connectivity index is 0.683. The summed E-state index contributed by atoms with van der Waals surface area (Å²) in [5.41, 5.74) is 8.29. The van der Waals surface area contributed by atoms with Crippen LogP contribution in [0.1, 0.15) is 64.1 Å². The first-order chi connectivity index (χ1) is 32.1. The molecule has 5 aliphatic rings. The first-order valence-electron chi connectivity index (χ1n) is 22.4. The number of ether oxygens (including phenoxy) is 3. The van der Waals surface area contributed by atoms with Crippen LogP contribution in [0.2, 0.25) is 0 Å². The average Bonchev–Trinajstić information content (AvgIpc) is 3.92. The number of benzene rings is 3. The minimum Gasteiger partial charge on any atom is -0.383 e. The molecule has 0 aliphatic carbocycles. The number of hydrazine groups is 1. The highest BCUT2D eigenvalue weighted by molar-refractivity contribution is 6.23. The molecule has 9 rings (SSSR count). The first-order valence-corrected chi connectivity index (χ1v) is 22.4. The molecule has 5 aliphatic heterocycles. The predicted molar refractivity (Wildman–Crippen MR) is 236 cm³/mol. The topological polar surface area (TPSA) is 188 Å². The van der Waals surface area contributed by atoms with Crippen LogP contribution < -0.4 is 16.1 Å². The summed E-state index contributed by atoms with van der Waals surface area (Å²) < 4.78 is 47.5. The van der Waals surface area contributed by atoms with Crippen LogP contribution in [0, 0.1) is 11.6 Å². The van der Waals surface area contributed by atoms with Crippen LogP contribution >= 0.6 is 0 Å². The van der Waals surface area contributed by atoms with Crippen molar-refractivity contribution in [3.05, 3.63) is 94.9 Å². The van der Waals surface area contributed by atoms with Crippen molar-refractivity contribution in [1.29, 1.82) is 0 Å². The molecule has 0 spiro atoms. The molecule has 1 atom stereocenters. The lowest BCUT2D eigenvalue weighted by Gasteiger charge is -2.36. The Morgan fingerprint density at radius 1 is 0.864 bits per heavy atom. The molecule has 1 aromatic heterocycles. The number of anilines is 1. The summed E-state index contributed by atoms with van der Waals surface area (Å²) in [6.07, 6.45) is 5.72. The number of nitrogens with one attached hydrogen (secondary N) is 3. The predicted octanol–water partition coefficient (Wildman–Crippen LogP) is 3.50. The van der Waals surface area contributed by atoms with Crippen LogP contribution in [-0.4, -0.2) is 150 Å². The molecular weight excluding hydrogens is 857 g/mol. The molecule has 0 bridgehead atoms. The molecule has 3 saturated heterocycles. The molecule has 0 radical (unpaired) electrons. The maximum absolute atomic E-state index is 15.4. The fourth-order valence-corrected chi connectivity index (χ4v) is 9.02. The van der Waals surface area contributed by atoms with Gasteiger partial charge in [0, 0.05) is 86.9 Å². The standard InChI is InChI=1S/C47H51F2N9O8/c48-37-22-29(23-38(49)36(37)28-55-14-18-66-19-15-55)33-2-1-3-39-44(33)53-40(26-51-39)30-25-52-57(27-30)32-8-12-56(13-9-32)43(60)10-16-64-20-21-65-17-11-50-31-4-5-34-35(24-31)47(63)58(46(34)62)41-6-7-42(59)54-45(41)61/h1-5,22-24,26-27,32,41,50,52H,6-21,25,28H2,(H,54,59,61). The van der Waals surface area contributed by atoms with E-state index >= 15 is 8.78 Å². The molecule has 3 fully saturated rings. The van der Waals surface area contributed by atoms with Crippen LogP contribution in [0.15, 0.2) is 60.9 Å². The molecule has 5 amide bonds. The number of carbonyl (C=O) groups is 5. The van der Waals surface area contributed by atoms with Crippen molar-refractivity contribution in [3.63, 3.8) is 0 Å². The maximum Gasteiger partial charge on any atom is 0.262 e. The molecule has 19 heteroatoms. The third-order valence-corrected chi connectivity index (χ3v) is 12.6. The van der Waals surface area contributed by atoms with Crippen LogP contribution in [0.5, 0.6) is 0 Å². The zero-order valence-corrected chi connectivity index (χ0v) is 36.4. The van der Waals surface area contributed by atoms with Gasteiger partial charge in [-0.3, -0.25) is 44.1 Å². The fourth-order valence-electron chi connectivity index (χ4n) is 9.02. The van der Waals surface area contributed by atoms with Gasteiger partial charge < -0.3 is 29.4 Å². The summed E-state index contributed by atoms with van der Waals surface area (Å²) in [5.74, 6) is -3.36. The van der Waals surface area contributed by atoms with Crippen LogP contribution in [-0.2, 0) is 35.1 Å². The van der Waals surface area contributed by atoms with Gasteiger partial charge in [-0.1, -0.05) is 12.1 Å². The Bertz CT molecular complexity index is 2540. The number of amides is 5. The van der Waals surface area contributed by atoms with Crippen molar-refractivity contribution in [1.82, 2.24) is 40.4 Å². The van der Waals surface area contributed by atoms with Crippen LogP contribution in [0.4, 0.5) is 14.5 Å². The van der Waals surface area contributed by atoms with E-state index in [-0.39, 0.29) is 61.1 Å². The smallest absolute Gasteiger partial charge is 0.262 e. The van der Waals surface area contributed by atoms with Gasteiger partial charge in [0.25, 0.3) is 11.8 Å². The second-order valence-corrected chi connectivity index (χ2v) is 16.9. The number of carbonyl (C=O) groups excluding carboxylic acids is 5. The maximum atomic E-state index is 15.4. The highest BCUT2D eigenvalue weighted by Crippen LogP contribution is 2.33. The number of rotatable bonds is 16. The van der Waals surface area contributed by atoms with Gasteiger partial charge in [0.05, 0.1) is 80.1 Å². The lowest BCUT2D eigenvalue weighted by molar-refractivity contribution is -0.136. The Morgan fingerprint density at radius 3 is 2.39 bits per heavy atom.